The van der Waals surface area contributed by atoms with Crippen LogP contribution in [0.15, 0.2) is 0 Å². The van der Waals surface area contributed by atoms with E-state index in [1.54, 1.807) is 0 Å². The van der Waals surface area contributed by atoms with Crippen molar-refractivity contribution in [2.75, 3.05) is 13.1 Å². The van der Waals surface area contributed by atoms with Crippen LogP contribution < -0.4 is 10.6 Å². The van der Waals surface area contributed by atoms with Gasteiger partial charge in [0, 0.05) is 12.6 Å². The predicted molar refractivity (Wildman–Crippen MR) is 80.7 cm³/mol. The van der Waals surface area contributed by atoms with Crippen molar-refractivity contribution in [2.45, 2.75) is 70.9 Å². The first-order chi connectivity index (χ1) is 9.46. The summed E-state index contributed by atoms with van der Waals surface area (Å²) in [5, 5.41) is 6.61. The Balaban J connectivity index is 1.77. The minimum atomic E-state index is -0.416. The fraction of sp³-hybridized carbons (Fsp3) is 0.938. The van der Waals surface area contributed by atoms with Crippen LogP contribution in [0.3, 0.4) is 0 Å². The molecule has 1 saturated carbocycles. The molecule has 0 aromatic carbocycles. The fourth-order valence-corrected chi connectivity index (χ4v) is 3.58. The van der Waals surface area contributed by atoms with Gasteiger partial charge in [-0.3, -0.25) is 0 Å². The lowest BCUT2D eigenvalue weighted by Crippen LogP contribution is -2.42. The Morgan fingerprint density at radius 1 is 1.20 bits per heavy atom. The van der Waals surface area contributed by atoms with Gasteiger partial charge in [0.25, 0.3) is 0 Å². The van der Waals surface area contributed by atoms with E-state index in [0.29, 0.717) is 12.0 Å². The van der Waals surface area contributed by atoms with Gasteiger partial charge in [-0.1, -0.05) is 19.3 Å². The van der Waals surface area contributed by atoms with Crippen molar-refractivity contribution in [1.82, 2.24) is 10.6 Å². The molecule has 2 fully saturated rings. The van der Waals surface area contributed by atoms with E-state index in [1.807, 2.05) is 20.8 Å². The van der Waals surface area contributed by atoms with E-state index < -0.39 is 5.60 Å². The number of carbonyl (C=O) groups excluding carboxylic acids is 1. The highest BCUT2D eigenvalue weighted by molar-refractivity contribution is 5.67. The van der Waals surface area contributed by atoms with Crippen LogP contribution in [-0.4, -0.2) is 30.8 Å². The van der Waals surface area contributed by atoms with E-state index in [4.69, 9.17) is 4.74 Å². The number of rotatable bonds is 3. The van der Waals surface area contributed by atoms with Crippen LogP contribution in [0.25, 0.3) is 0 Å². The second-order valence-electron chi connectivity index (χ2n) is 7.31. The number of hydrogen-bond acceptors (Lipinski definition) is 3. The average Bonchev–Trinajstić information content (AvgIpc) is 2.83. The first-order valence-corrected chi connectivity index (χ1v) is 8.16. The lowest BCUT2D eigenvalue weighted by atomic mass is 9.79. The molecule has 0 radical (unpaired) electrons. The van der Waals surface area contributed by atoms with Gasteiger partial charge in [0.05, 0.1) is 0 Å². The third-order valence-corrected chi connectivity index (χ3v) is 4.47. The molecule has 0 aromatic rings. The molecule has 1 amide bonds. The Morgan fingerprint density at radius 2 is 1.90 bits per heavy atom. The molecule has 4 heteroatoms. The largest absolute Gasteiger partial charge is 0.444 e. The zero-order valence-corrected chi connectivity index (χ0v) is 13.2. The minimum absolute atomic E-state index is 0.285. The highest BCUT2D eigenvalue weighted by atomic mass is 16.6. The van der Waals surface area contributed by atoms with Crippen LogP contribution in [0.4, 0.5) is 4.79 Å². The number of carbonyl (C=O) groups is 1. The summed E-state index contributed by atoms with van der Waals surface area (Å²) in [5.74, 6) is 1.36. The highest BCUT2D eigenvalue weighted by Gasteiger charge is 2.34. The Hall–Kier alpha value is -0.770. The Kier molecular flexibility index (Phi) is 5.30. The van der Waals surface area contributed by atoms with Gasteiger partial charge in [-0.15, -0.1) is 0 Å². The van der Waals surface area contributed by atoms with Crippen LogP contribution in [0.5, 0.6) is 0 Å². The van der Waals surface area contributed by atoms with Crippen molar-refractivity contribution in [3.05, 3.63) is 0 Å². The maximum absolute atomic E-state index is 11.7. The van der Waals surface area contributed by atoms with Crippen LogP contribution >= 0.6 is 0 Å². The van der Waals surface area contributed by atoms with Crippen molar-refractivity contribution in [3.63, 3.8) is 0 Å². The number of ether oxygens (including phenoxy) is 1. The molecule has 2 rings (SSSR count). The van der Waals surface area contributed by atoms with Gasteiger partial charge < -0.3 is 15.4 Å². The molecule has 1 heterocycles. The normalized spacial score (nSPS) is 28.4. The summed E-state index contributed by atoms with van der Waals surface area (Å²) in [4.78, 5) is 11.7. The van der Waals surface area contributed by atoms with E-state index in [0.717, 1.165) is 25.4 Å². The van der Waals surface area contributed by atoms with E-state index in [9.17, 15) is 4.79 Å². The molecule has 0 spiro atoms. The van der Waals surface area contributed by atoms with Crippen molar-refractivity contribution < 1.29 is 9.53 Å². The fourth-order valence-electron chi connectivity index (χ4n) is 3.58. The van der Waals surface area contributed by atoms with Crippen molar-refractivity contribution in [2.24, 2.45) is 11.8 Å². The second kappa shape index (κ2) is 6.79. The lowest BCUT2D eigenvalue weighted by molar-refractivity contribution is 0.0515. The van der Waals surface area contributed by atoms with Crippen molar-refractivity contribution >= 4 is 6.09 Å². The summed E-state index contributed by atoms with van der Waals surface area (Å²) < 4.78 is 5.31. The van der Waals surface area contributed by atoms with Crippen LogP contribution in [0.1, 0.15) is 59.3 Å². The summed E-state index contributed by atoms with van der Waals surface area (Å²) in [7, 11) is 0. The predicted octanol–water partition coefficient (Wildman–Crippen LogP) is 3.07. The molecule has 2 aliphatic rings. The van der Waals surface area contributed by atoms with Gasteiger partial charge in [-0.05, 0) is 58.4 Å². The molecule has 0 bridgehead atoms. The SMILES string of the molecule is CC(C)(C)OC(=O)NCC1CCNC1C1CCCCC1. The molecule has 4 nitrogen and oxygen atoms in total. The number of hydrogen-bond donors (Lipinski definition) is 2. The van der Waals surface area contributed by atoms with E-state index in [1.165, 1.54) is 32.1 Å². The quantitative estimate of drug-likeness (QED) is 0.836. The Morgan fingerprint density at radius 3 is 2.55 bits per heavy atom. The van der Waals surface area contributed by atoms with E-state index in [-0.39, 0.29) is 6.09 Å². The van der Waals surface area contributed by atoms with Crippen molar-refractivity contribution in [3.8, 4) is 0 Å². The zero-order chi connectivity index (χ0) is 14.6. The molecule has 2 N–H and O–H groups in total. The summed E-state index contributed by atoms with van der Waals surface area (Å²) in [5.41, 5.74) is -0.416. The summed E-state index contributed by atoms with van der Waals surface area (Å²) in [6, 6.07) is 0.588. The van der Waals surface area contributed by atoms with Gasteiger partial charge in [-0.2, -0.15) is 0 Å². The summed E-state index contributed by atoms with van der Waals surface area (Å²) >= 11 is 0. The molecule has 2 unspecified atom stereocenters. The molecule has 1 aliphatic carbocycles. The Labute approximate surface area is 123 Å². The second-order valence-corrected chi connectivity index (χ2v) is 7.31. The molecule has 1 saturated heterocycles. The highest BCUT2D eigenvalue weighted by Crippen LogP contribution is 2.32. The first-order valence-electron chi connectivity index (χ1n) is 8.16. The Bertz CT molecular complexity index is 319. The molecule has 1 aliphatic heterocycles. The van der Waals surface area contributed by atoms with Gasteiger partial charge in [-0.25, -0.2) is 4.79 Å². The van der Waals surface area contributed by atoms with Crippen LogP contribution in [0, 0.1) is 11.8 Å². The van der Waals surface area contributed by atoms with E-state index in [2.05, 4.69) is 10.6 Å². The summed E-state index contributed by atoms with van der Waals surface area (Å²) in [6.07, 6.45) is 7.71. The lowest BCUT2D eigenvalue weighted by Gasteiger charge is -2.32. The molecule has 2 atom stereocenters. The standard InChI is InChI=1S/C16H30N2O2/c1-16(2,3)20-15(19)18-11-13-9-10-17-14(13)12-7-5-4-6-8-12/h12-14,17H,4-11H2,1-3H3,(H,18,19). The van der Waals surface area contributed by atoms with Gasteiger partial charge in [0.2, 0.25) is 0 Å². The molecule has 116 valence electrons. The smallest absolute Gasteiger partial charge is 0.407 e. The van der Waals surface area contributed by atoms with Gasteiger partial charge >= 0.3 is 6.09 Å². The topological polar surface area (TPSA) is 50.4 Å². The molecular formula is C16H30N2O2. The average molecular weight is 282 g/mol. The van der Waals surface area contributed by atoms with Crippen LogP contribution in [-0.2, 0) is 4.74 Å². The number of alkyl carbamates (subject to hydrolysis) is 1. The van der Waals surface area contributed by atoms with Gasteiger partial charge in [0.1, 0.15) is 5.60 Å². The number of amides is 1. The monoisotopic (exact) mass is 282 g/mol. The van der Waals surface area contributed by atoms with Crippen LogP contribution in [0.2, 0.25) is 0 Å². The molecular weight excluding hydrogens is 252 g/mol. The maximum atomic E-state index is 11.7. The first kappa shape index (κ1) is 15.6. The van der Waals surface area contributed by atoms with Crippen molar-refractivity contribution in [1.29, 1.82) is 0 Å². The third-order valence-electron chi connectivity index (χ3n) is 4.47. The van der Waals surface area contributed by atoms with Gasteiger partial charge in [0.15, 0.2) is 0 Å². The molecule has 20 heavy (non-hydrogen) atoms. The van der Waals surface area contributed by atoms with E-state index >= 15 is 0 Å². The summed E-state index contributed by atoms with van der Waals surface area (Å²) in [6.45, 7) is 7.52. The number of nitrogens with one attached hydrogen (secondary N) is 2. The zero-order valence-electron chi connectivity index (χ0n) is 13.2. The third kappa shape index (κ3) is 4.65. The molecule has 0 aromatic heterocycles. The maximum Gasteiger partial charge on any atom is 0.407 e. The minimum Gasteiger partial charge on any atom is -0.444 e.